The second-order valence-electron chi connectivity index (χ2n) is 5.20. The third kappa shape index (κ3) is 4.53. The van der Waals surface area contributed by atoms with E-state index >= 15 is 0 Å². The molecule has 1 aromatic heterocycles. The van der Waals surface area contributed by atoms with Crippen molar-refractivity contribution >= 4 is 17.7 Å². The molecule has 2 rings (SSSR count). The molecule has 0 spiro atoms. The monoisotopic (exact) mass is 317 g/mol. The van der Waals surface area contributed by atoms with Gasteiger partial charge >= 0.3 is 5.97 Å². The van der Waals surface area contributed by atoms with Crippen LogP contribution in [0.2, 0.25) is 0 Å². The standard InChI is InChI=1S/C15H19N5O3/c1-10(2)23-15(22)13-14(16)20(19-18-13)9-12(21)17-8-11-6-4-3-5-7-11/h3-7,10H,8-9,16H2,1-2H3,(H,17,21). The van der Waals surface area contributed by atoms with Gasteiger partial charge < -0.3 is 15.8 Å². The minimum Gasteiger partial charge on any atom is -0.458 e. The van der Waals surface area contributed by atoms with E-state index in [-0.39, 0.29) is 30.1 Å². The van der Waals surface area contributed by atoms with Crippen molar-refractivity contribution in [1.29, 1.82) is 0 Å². The first-order chi connectivity index (χ1) is 11.0. The van der Waals surface area contributed by atoms with Crippen molar-refractivity contribution in [3.05, 3.63) is 41.6 Å². The highest BCUT2D eigenvalue weighted by Crippen LogP contribution is 2.10. The number of nitrogens with two attached hydrogens (primary N) is 1. The van der Waals surface area contributed by atoms with Crippen molar-refractivity contribution in [3.63, 3.8) is 0 Å². The number of nitrogens with one attached hydrogen (secondary N) is 1. The number of nitrogens with zero attached hydrogens (tertiary/aromatic N) is 3. The van der Waals surface area contributed by atoms with Crippen LogP contribution < -0.4 is 11.1 Å². The maximum absolute atomic E-state index is 11.9. The number of ether oxygens (including phenoxy) is 1. The number of carbonyl (C=O) groups is 2. The molecule has 0 saturated heterocycles. The minimum atomic E-state index is -0.659. The molecule has 2 aromatic rings. The fraction of sp³-hybridized carbons (Fsp3) is 0.333. The Morgan fingerprint density at radius 2 is 2.00 bits per heavy atom. The average molecular weight is 317 g/mol. The predicted octanol–water partition coefficient (Wildman–Crippen LogP) is 0.742. The maximum atomic E-state index is 11.9. The normalized spacial score (nSPS) is 10.6. The first kappa shape index (κ1) is 16.5. The summed E-state index contributed by atoms with van der Waals surface area (Å²) in [6.07, 6.45) is -0.291. The van der Waals surface area contributed by atoms with Crippen molar-refractivity contribution in [1.82, 2.24) is 20.3 Å². The van der Waals surface area contributed by atoms with Gasteiger partial charge in [-0.2, -0.15) is 0 Å². The lowest BCUT2D eigenvalue weighted by Gasteiger charge is -2.07. The largest absolute Gasteiger partial charge is 0.458 e. The maximum Gasteiger partial charge on any atom is 0.363 e. The number of carbonyl (C=O) groups excluding carboxylic acids is 2. The fourth-order valence-electron chi connectivity index (χ4n) is 1.84. The molecule has 0 atom stereocenters. The van der Waals surface area contributed by atoms with Gasteiger partial charge in [-0.3, -0.25) is 4.79 Å². The number of nitrogen functional groups attached to an aromatic ring is 1. The Balaban J connectivity index is 1.94. The average Bonchev–Trinajstić information content (AvgIpc) is 2.87. The quantitative estimate of drug-likeness (QED) is 0.760. The van der Waals surface area contributed by atoms with E-state index in [0.29, 0.717) is 6.54 Å². The van der Waals surface area contributed by atoms with E-state index in [9.17, 15) is 9.59 Å². The summed E-state index contributed by atoms with van der Waals surface area (Å²) in [4.78, 5) is 23.7. The molecular weight excluding hydrogens is 298 g/mol. The summed E-state index contributed by atoms with van der Waals surface area (Å²) in [7, 11) is 0. The van der Waals surface area contributed by atoms with Crippen molar-refractivity contribution in [2.24, 2.45) is 0 Å². The number of esters is 1. The Labute approximate surface area is 133 Å². The van der Waals surface area contributed by atoms with E-state index in [1.807, 2.05) is 30.3 Å². The molecule has 1 aromatic carbocycles. The highest BCUT2D eigenvalue weighted by Gasteiger charge is 2.20. The van der Waals surface area contributed by atoms with Gasteiger partial charge in [0.05, 0.1) is 6.10 Å². The molecule has 8 heteroatoms. The van der Waals surface area contributed by atoms with Crippen LogP contribution in [-0.2, 0) is 22.6 Å². The SMILES string of the molecule is CC(C)OC(=O)c1nnn(CC(=O)NCc2ccccc2)c1N. The molecule has 0 unspecified atom stereocenters. The van der Waals surface area contributed by atoms with Crippen LogP contribution >= 0.6 is 0 Å². The van der Waals surface area contributed by atoms with E-state index in [2.05, 4.69) is 15.6 Å². The van der Waals surface area contributed by atoms with Crippen molar-refractivity contribution < 1.29 is 14.3 Å². The lowest BCUT2D eigenvalue weighted by Crippen LogP contribution is -2.28. The van der Waals surface area contributed by atoms with E-state index in [1.165, 1.54) is 0 Å². The zero-order valence-electron chi connectivity index (χ0n) is 13.0. The van der Waals surface area contributed by atoms with Gasteiger partial charge in [0.1, 0.15) is 6.54 Å². The lowest BCUT2D eigenvalue weighted by atomic mass is 10.2. The van der Waals surface area contributed by atoms with Gasteiger partial charge in [-0.25, -0.2) is 9.48 Å². The molecule has 8 nitrogen and oxygen atoms in total. The Morgan fingerprint density at radius 3 is 2.65 bits per heavy atom. The molecule has 0 bridgehead atoms. The molecule has 0 aliphatic rings. The summed E-state index contributed by atoms with van der Waals surface area (Å²) in [5.74, 6) is -0.937. The Kier molecular flexibility index (Phi) is 5.29. The first-order valence-electron chi connectivity index (χ1n) is 7.18. The summed E-state index contributed by atoms with van der Waals surface area (Å²) >= 11 is 0. The van der Waals surface area contributed by atoms with Crippen molar-refractivity contribution in [2.45, 2.75) is 33.0 Å². The van der Waals surface area contributed by atoms with Crippen LogP contribution in [0.25, 0.3) is 0 Å². The molecule has 0 fully saturated rings. The smallest absolute Gasteiger partial charge is 0.363 e. The molecule has 1 heterocycles. The number of aromatic nitrogens is 3. The second-order valence-corrected chi connectivity index (χ2v) is 5.20. The van der Waals surface area contributed by atoms with Gasteiger partial charge in [-0.15, -0.1) is 5.10 Å². The third-order valence-corrected chi connectivity index (χ3v) is 2.94. The van der Waals surface area contributed by atoms with Crippen LogP contribution in [0.3, 0.4) is 0 Å². The fourth-order valence-corrected chi connectivity index (χ4v) is 1.84. The van der Waals surface area contributed by atoms with Crippen molar-refractivity contribution in [3.8, 4) is 0 Å². The van der Waals surface area contributed by atoms with Crippen LogP contribution in [0.5, 0.6) is 0 Å². The number of anilines is 1. The molecule has 3 N–H and O–H groups in total. The van der Waals surface area contributed by atoms with Crippen LogP contribution in [0, 0.1) is 0 Å². The molecule has 1 amide bonds. The van der Waals surface area contributed by atoms with E-state index < -0.39 is 5.97 Å². The van der Waals surface area contributed by atoms with Crippen LogP contribution in [0.15, 0.2) is 30.3 Å². The number of benzene rings is 1. The van der Waals surface area contributed by atoms with Gasteiger partial charge in [0.2, 0.25) is 11.6 Å². The summed E-state index contributed by atoms with van der Waals surface area (Å²) in [6, 6.07) is 9.50. The van der Waals surface area contributed by atoms with Crippen molar-refractivity contribution in [2.75, 3.05) is 5.73 Å². The molecule has 0 saturated carbocycles. The minimum absolute atomic E-state index is 0.00510. The Bertz CT molecular complexity index is 682. The second kappa shape index (κ2) is 7.39. The van der Waals surface area contributed by atoms with Gasteiger partial charge in [0.15, 0.2) is 5.82 Å². The first-order valence-corrected chi connectivity index (χ1v) is 7.18. The predicted molar refractivity (Wildman–Crippen MR) is 83.3 cm³/mol. The Hall–Kier alpha value is -2.90. The molecule has 122 valence electrons. The Morgan fingerprint density at radius 1 is 1.30 bits per heavy atom. The van der Waals surface area contributed by atoms with Gasteiger partial charge in [-0.05, 0) is 19.4 Å². The third-order valence-electron chi connectivity index (χ3n) is 2.94. The summed E-state index contributed by atoms with van der Waals surface area (Å²) in [6.45, 7) is 3.71. The zero-order chi connectivity index (χ0) is 16.8. The van der Waals surface area contributed by atoms with Crippen LogP contribution in [0.4, 0.5) is 5.82 Å². The summed E-state index contributed by atoms with van der Waals surface area (Å²) < 4.78 is 6.17. The topological polar surface area (TPSA) is 112 Å². The number of amides is 1. The molecule has 0 aliphatic heterocycles. The summed E-state index contributed by atoms with van der Waals surface area (Å²) in [5.41, 5.74) is 6.68. The number of rotatable bonds is 6. The van der Waals surface area contributed by atoms with Crippen LogP contribution in [-0.4, -0.2) is 33.0 Å². The van der Waals surface area contributed by atoms with E-state index in [4.69, 9.17) is 10.5 Å². The highest BCUT2D eigenvalue weighted by atomic mass is 16.5. The molecule has 23 heavy (non-hydrogen) atoms. The van der Waals surface area contributed by atoms with Gasteiger partial charge in [-0.1, -0.05) is 35.5 Å². The summed E-state index contributed by atoms with van der Waals surface area (Å²) in [5, 5.41) is 10.1. The lowest BCUT2D eigenvalue weighted by molar-refractivity contribution is -0.122. The molecule has 0 radical (unpaired) electrons. The number of hydrogen-bond acceptors (Lipinski definition) is 6. The zero-order valence-corrected chi connectivity index (χ0v) is 13.0. The van der Waals surface area contributed by atoms with Gasteiger partial charge in [0, 0.05) is 6.54 Å². The van der Waals surface area contributed by atoms with E-state index in [1.54, 1.807) is 13.8 Å². The molecular formula is C15H19N5O3. The van der Waals surface area contributed by atoms with E-state index in [0.717, 1.165) is 10.2 Å². The number of hydrogen-bond donors (Lipinski definition) is 2. The highest BCUT2D eigenvalue weighted by molar-refractivity contribution is 5.92. The van der Waals surface area contributed by atoms with Gasteiger partial charge in [0.25, 0.3) is 0 Å². The van der Waals surface area contributed by atoms with Crippen LogP contribution in [0.1, 0.15) is 29.9 Å². The molecule has 0 aliphatic carbocycles.